The molecule has 0 bridgehead atoms. The molecule has 0 saturated carbocycles. The summed E-state index contributed by atoms with van der Waals surface area (Å²) in [4.78, 5) is 4.90. The second-order valence-corrected chi connectivity index (χ2v) is 11.4. The fraction of sp³-hybridized carbons (Fsp3) is 0.323. The van der Waals surface area contributed by atoms with Crippen LogP contribution in [-0.2, 0) is 23.8 Å². The van der Waals surface area contributed by atoms with Crippen LogP contribution in [0.15, 0.2) is 83.8 Å². The average molecular weight is 563 g/mol. The Morgan fingerprint density at radius 1 is 0.975 bits per heavy atom. The average Bonchev–Trinajstić information content (AvgIpc) is 2.99. The van der Waals surface area contributed by atoms with E-state index < -0.39 is 22.5 Å². The van der Waals surface area contributed by atoms with E-state index in [1.165, 1.54) is 12.1 Å². The second kappa shape index (κ2) is 12.8. The summed E-state index contributed by atoms with van der Waals surface area (Å²) in [5.41, 5.74) is 4.77. The maximum atomic E-state index is 12.8. The fourth-order valence-corrected chi connectivity index (χ4v) is 5.39. The summed E-state index contributed by atoms with van der Waals surface area (Å²) in [6.07, 6.45) is 1.63. The number of rotatable bonds is 11. The van der Waals surface area contributed by atoms with Gasteiger partial charge in [0.2, 0.25) is 0 Å². The Balaban J connectivity index is 1.26. The predicted octanol–water partition coefficient (Wildman–Crippen LogP) is 5.95. The Morgan fingerprint density at radius 3 is 2.50 bits per heavy atom. The molecule has 1 N–H and O–H groups in total. The minimum absolute atomic E-state index is 0.0953. The van der Waals surface area contributed by atoms with Crippen LogP contribution in [-0.4, -0.2) is 52.7 Å². The topological polar surface area (TPSA) is 96.0 Å². The van der Waals surface area contributed by atoms with Crippen molar-refractivity contribution >= 4 is 26.7 Å². The van der Waals surface area contributed by atoms with Crippen molar-refractivity contribution in [3.8, 4) is 17.0 Å². The van der Waals surface area contributed by atoms with Crippen molar-refractivity contribution in [3.63, 3.8) is 0 Å². The highest BCUT2D eigenvalue weighted by Crippen LogP contribution is 2.26. The zero-order valence-corrected chi connectivity index (χ0v) is 23.5. The molecule has 4 aromatic rings. The van der Waals surface area contributed by atoms with Gasteiger partial charge in [0.15, 0.2) is 6.29 Å². The number of aromatic nitrogens is 1. The third kappa shape index (κ3) is 7.17. The number of pyridine rings is 1. The molecule has 1 fully saturated rings. The molecule has 1 aliphatic heterocycles. The van der Waals surface area contributed by atoms with Crippen molar-refractivity contribution in [1.82, 2.24) is 4.98 Å². The molecule has 0 amide bonds. The van der Waals surface area contributed by atoms with Gasteiger partial charge in [-0.1, -0.05) is 35.9 Å². The Kier molecular flexibility index (Phi) is 8.96. The van der Waals surface area contributed by atoms with Gasteiger partial charge >= 0.3 is 0 Å². The first-order chi connectivity index (χ1) is 19.4. The molecular weight excluding hydrogens is 528 g/mol. The van der Waals surface area contributed by atoms with Crippen molar-refractivity contribution in [2.45, 2.75) is 43.5 Å². The minimum atomic E-state index is -3.94. The van der Waals surface area contributed by atoms with Crippen LogP contribution in [0.1, 0.15) is 24.8 Å². The van der Waals surface area contributed by atoms with Crippen LogP contribution in [0.2, 0.25) is 0 Å². The van der Waals surface area contributed by atoms with Gasteiger partial charge in [0.1, 0.15) is 18.5 Å². The van der Waals surface area contributed by atoms with Crippen LogP contribution in [0, 0.1) is 6.92 Å². The van der Waals surface area contributed by atoms with Crippen LogP contribution < -0.4 is 10.1 Å². The summed E-state index contributed by atoms with van der Waals surface area (Å²) in [6, 6.07) is 24.3. The molecule has 1 aliphatic rings. The Hall–Kier alpha value is -3.50. The van der Waals surface area contributed by atoms with E-state index in [2.05, 4.69) is 5.32 Å². The van der Waals surface area contributed by atoms with E-state index in [1.54, 1.807) is 12.1 Å². The molecule has 5 rings (SSSR count). The second-order valence-electron chi connectivity index (χ2n) is 9.80. The fourth-order valence-electron chi connectivity index (χ4n) is 4.45. The van der Waals surface area contributed by atoms with E-state index in [1.807, 2.05) is 68.6 Å². The molecule has 2 heterocycles. The zero-order valence-electron chi connectivity index (χ0n) is 22.7. The predicted molar refractivity (Wildman–Crippen MR) is 155 cm³/mol. The normalized spacial score (nSPS) is 16.5. The lowest BCUT2D eigenvalue weighted by Crippen LogP contribution is -2.35. The first-order valence-electron chi connectivity index (χ1n) is 13.4. The maximum absolute atomic E-state index is 12.8. The maximum Gasteiger partial charge on any atom is 0.297 e. The number of nitrogens with zero attached hydrogens (tertiary/aromatic N) is 1. The van der Waals surface area contributed by atoms with Crippen molar-refractivity contribution in [1.29, 1.82) is 0 Å². The zero-order chi connectivity index (χ0) is 28.0. The third-order valence-corrected chi connectivity index (χ3v) is 8.06. The molecule has 9 heteroatoms. The summed E-state index contributed by atoms with van der Waals surface area (Å²) >= 11 is 0. The van der Waals surface area contributed by atoms with Gasteiger partial charge < -0.3 is 19.5 Å². The van der Waals surface area contributed by atoms with Crippen LogP contribution >= 0.6 is 0 Å². The highest BCUT2D eigenvalue weighted by Gasteiger charge is 2.24. The van der Waals surface area contributed by atoms with Gasteiger partial charge in [0.05, 0.1) is 22.7 Å². The smallest absolute Gasteiger partial charge is 0.297 e. The van der Waals surface area contributed by atoms with Crippen molar-refractivity contribution in [3.05, 3.63) is 84.4 Å². The lowest BCUT2D eigenvalue weighted by Gasteiger charge is -2.27. The highest BCUT2D eigenvalue weighted by molar-refractivity contribution is 7.86. The monoisotopic (exact) mass is 562 g/mol. The summed E-state index contributed by atoms with van der Waals surface area (Å²) in [5, 5.41) is 4.05. The van der Waals surface area contributed by atoms with Gasteiger partial charge in [-0.15, -0.1) is 0 Å². The van der Waals surface area contributed by atoms with Gasteiger partial charge in [-0.25, -0.2) is 4.98 Å². The first-order valence-corrected chi connectivity index (χ1v) is 14.9. The van der Waals surface area contributed by atoms with E-state index in [-0.39, 0.29) is 18.1 Å². The Labute approximate surface area is 235 Å². The highest BCUT2D eigenvalue weighted by atomic mass is 32.2. The van der Waals surface area contributed by atoms with Gasteiger partial charge in [-0.3, -0.25) is 4.18 Å². The number of fused-ring (bicyclic) bond motifs is 1. The summed E-state index contributed by atoms with van der Waals surface area (Å²) in [5.74, 6) is 0.625. The molecule has 2 unspecified atom stereocenters. The molecular formula is C31H34N2O6S. The third-order valence-electron chi connectivity index (χ3n) is 6.77. The first kappa shape index (κ1) is 28.0. The van der Waals surface area contributed by atoms with E-state index in [0.717, 1.165) is 52.7 Å². The van der Waals surface area contributed by atoms with E-state index in [4.69, 9.17) is 23.4 Å². The Morgan fingerprint density at radius 2 is 1.77 bits per heavy atom. The number of hydrogen-bond donors (Lipinski definition) is 1. The molecule has 0 radical (unpaired) electrons. The molecule has 8 nitrogen and oxygen atoms in total. The van der Waals surface area contributed by atoms with Gasteiger partial charge in [-0.05, 0) is 74.7 Å². The van der Waals surface area contributed by atoms with E-state index >= 15 is 0 Å². The standard InChI is InChI=1S/C31H34N2O6S/c1-22-6-14-28(15-7-22)40(34,35)38-21-27(39-31-5-3-4-18-36-31)20-37-26-13-17-30-24(19-26)10-16-29(33-30)23-8-11-25(32-2)12-9-23/h6-17,19,27,31-32H,3-5,18,20-21H2,1-2H3. The number of hydrogen-bond acceptors (Lipinski definition) is 8. The van der Waals surface area contributed by atoms with E-state index in [9.17, 15) is 8.42 Å². The van der Waals surface area contributed by atoms with Gasteiger partial charge in [0.25, 0.3) is 10.1 Å². The van der Waals surface area contributed by atoms with Crippen molar-refractivity contribution in [2.75, 3.05) is 32.2 Å². The lowest BCUT2D eigenvalue weighted by molar-refractivity contribution is -0.198. The number of ether oxygens (including phenoxy) is 3. The Bertz CT molecular complexity index is 1520. The number of nitrogens with one attached hydrogen (secondary N) is 1. The van der Waals surface area contributed by atoms with Crippen LogP contribution in [0.3, 0.4) is 0 Å². The van der Waals surface area contributed by atoms with Crippen molar-refractivity contribution < 1.29 is 26.8 Å². The molecule has 1 saturated heterocycles. The minimum Gasteiger partial charge on any atom is -0.491 e. The summed E-state index contributed by atoms with van der Waals surface area (Å²) < 4.78 is 48.8. The largest absolute Gasteiger partial charge is 0.491 e. The molecule has 2 atom stereocenters. The molecule has 1 aromatic heterocycles. The SMILES string of the molecule is CNc1ccc(-c2ccc3cc(OCC(COS(=O)(=O)c4ccc(C)cc4)OC4CCCCO4)ccc3n2)cc1. The van der Waals surface area contributed by atoms with Crippen LogP contribution in [0.25, 0.3) is 22.2 Å². The number of anilines is 1. The number of benzene rings is 3. The molecule has 210 valence electrons. The van der Waals surface area contributed by atoms with Crippen molar-refractivity contribution in [2.24, 2.45) is 0 Å². The quantitative estimate of drug-likeness (QED) is 0.224. The molecule has 0 spiro atoms. The summed E-state index contributed by atoms with van der Waals surface area (Å²) in [7, 11) is -2.05. The molecule has 0 aliphatic carbocycles. The van der Waals surface area contributed by atoms with E-state index in [0.29, 0.717) is 12.4 Å². The van der Waals surface area contributed by atoms with Gasteiger partial charge in [-0.2, -0.15) is 8.42 Å². The molecule has 40 heavy (non-hydrogen) atoms. The molecule has 3 aromatic carbocycles. The van der Waals surface area contributed by atoms with Crippen LogP contribution in [0.4, 0.5) is 5.69 Å². The van der Waals surface area contributed by atoms with Gasteiger partial charge in [0, 0.05) is 30.3 Å². The summed E-state index contributed by atoms with van der Waals surface area (Å²) in [6.45, 7) is 2.41. The number of aryl methyl sites for hydroxylation is 1. The lowest BCUT2D eigenvalue weighted by atomic mass is 10.1. The van der Waals surface area contributed by atoms with Crippen LogP contribution in [0.5, 0.6) is 5.75 Å².